The molecule has 0 spiro atoms. The molecule has 0 fully saturated rings. The lowest BCUT2D eigenvalue weighted by Crippen LogP contribution is -2.48. The number of phenolic OH excluding ortho intramolecular Hbond substituents is 2. The topological polar surface area (TPSA) is 78.8 Å². The van der Waals surface area contributed by atoms with Gasteiger partial charge in [-0.25, -0.2) is 4.79 Å². The van der Waals surface area contributed by atoms with E-state index in [-0.39, 0.29) is 17.9 Å². The number of hydrogen-bond acceptors (Lipinski definition) is 5. The van der Waals surface area contributed by atoms with E-state index in [1.54, 1.807) is 36.4 Å². The molecule has 0 saturated carbocycles. The molecule has 4 aromatic carbocycles. The summed E-state index contributed by atoms with van der Waals surface area (Å²) in [6.45, 7) is 0. The van der Waals surface area contributed by atoms with Crippen LogP contribution in [0.15, 0.2) is 78.9 Å². The molecule has 0 bridgehead atoms. The largest absolute Gasteiger partial charge is 0.507 e. The molecule has 0 aromatic heterocycles. The predicted molar refractivity (Wildman–Crippen MR) is 128 cm³/mol. The smallest absolute Gasteiger partial charge is 0.331 e. The summed E-state index contributed by atoms with van der Waals surface area (Å²) >= 11 is 6.11. The van der Waals surface area contributed by atoms with Crippen molar-refractivity contribution in [2.45, 2.75) is 18.0 Å². The second kappa shape index (κ2) is 8.10. The van der Waals surface area contributed by atoms with Crippen molar-refractivity contribution in [3.05, 3.63) is 106 Å². The summed E-state index contributed by atoms with van der Waals surface area (Å²) in [5.74, 6) is -0.581. The van der Waals surface area contributed by atoms with E-state index in [0.717, 1.165) is 11.1 Å². The molecular weight excluding hydrogens is 438 g/mol. The van der Waals surface area contributed by atoms with Gasteiger partial charge in [-0.1, -0.05) is 78.3 Å². The van der Waals surface area contributed by atoms with Gasteiger partial charge in [-0.15, -0.1) is 0 Å². The summed E-state index contributed by atoms with van der Waals surface area (Å²) in [6, 6.07) is 23.2. The molecule has 0 radical (unpaired) electrons. The Kier molecular flexibility index (Phi) is 5.23. The van der Waals surface area contributed by atoms with Gasteiger partial charge in [-0.3, -0.25) is 5.32 Å². The average molecular weight is 460 g/mol. The molecule has 1 heterocycles. The first-order valence-electron chi connectivity index (χ1n) is 10.6. The fourth-order valence-electron chi connectivity index (χ4n) is 4.88. The van der Waals surface area contributed by atoms with Crippen LogP contribution >= 0.6 is 11.6 Å². The van der Waals surface area contributed by atoms with Crippen molar-refractivity contribution in [2.75, 3.05) is 7.11 Å². The number of rotatable bonds is 4. The SMILES string of the molecule is COC(=O)[C@]1(Cc2ccccc2)N[C@@H](c2ccc(Cl)cc2)c2c1c(O)c1ccccc1c2O. The minimum Gasteiger partial charge on any atom is -0.507 e. The maximum Gasteiger partial charge on any atom is 0.331 e. The monoisotopic (exact) mass is 459 g/mol. The summed E-state index contributed by atoms with van der Waals surface area (Å²) in [4.78, 5) is 13.4. The lowest BCUT2D eigenvalue weighted by molar-refractivity contribution is -0.149. The fourth-order valence-corrected chi connectivity index (χ4v) is 5.01. The van der Waals surface area contributed by atoms with Gasteiger partial charge in [0.15, 0.2) is 5.54 Å². The van der Waals surface area contributed by atoms with Crippen molar-refractivity contribution in [1.29, 1.82) is 0 Å². The van der Waals surface area contributed by atoms with Gasteiger partial charge in [-0.05, 0) is 23.3 Å². The Hall–Kier alpha value is -3.54. The van der Waals surface area contributed by atoms with Crippen LogP contribution in [-0.4, -0.2) is 23.3 Å². The molecule has 1 aliphatic heterocycles. The summed E-state index contributed by atoms with van der Waals surface area (Å²) in [6.07, 6.45) is 0.225. The van der Waals surface area contributed by atoms with Crippen LogP contribution in [0.4, 0.5) is 0 Å². The lowest BCUT2D eigenvalue weighted by Gasteiger charge is -2.30. The Labute approximate surface area is 196 Å². The standard InChI is InChI=1S/C27H22ClNO4/c1-33-26(32)27(15-16-7-3-2-4-8-16)22-21(23(29-27)17-11-13-18(28)14-12-17)24(30)19-9-5-6-10-20(19)25(22)31/h2-14,23,29-31H,15H2,1H3/t23-,27+/m0/s1. The molecular formula is C27H22ClNO4. The van der Waals surface area contributed by atoms with Crippen molar-refractivity contribution in [1.82, 2.24) is 5.32 Å². The number of carbonyl (C=O) groups is 1. The second-order valence-corrected chi connectivity index (χ2v) is 8.66. The van der Waals surface area contributed by atoms with Crippen LogP contribution in [0.3, 0.4) is 0 Å². The van der Waals surface area contributed by atoms with Crippen molar-refractivity contribution in [3.63, 3.8) is 0 Å². The molecule has 0 unspecified atom stereocenters. The van der Waals surface area contributed by atoms with Gasteiger partial charge in [0, 0.05) is 33.3 Å². The minimum atomic E-state index is -1.42. The predicted octanol–water partition coefficient (Wildman–Crippen LogP) is 5.21. The van der Waals surface area contributed by atoms with Crippen LogP contribution in [0.1, 0.15) is 28.3 Å². The van der Waals surface area contributed by atoms with Crippen LogP contribution in [0.25, 0.3) is 10.8 Å². The highest BCUT2D eigenvalue weighted by Crippen LogP contribution is 2.54. The van der Waals surface area contributed by atoms with Crippen LogP contribution in [0, 0.1) is 0 Å². The minimum absolute atomic E-state index is 0.0182. The van der Waals surface area contributed by atoms with Gasteiger partial charge in [-0.2, -0.15) is 0 Å². The molecule has 33 heavy (non-hydrogen) atoms. The molecule has 0 amide bonds. The van der Waals surface area contributed by atoms with Gasteiger partial charge in [0.2, 0.25) is 0 Å². The number of benzene rings is 4. The summed E-state index contributed by atoms with van der Waals surface area (Å²) in [5.41, 5.74) is 1.04. The number of hydrogen-bond donors (Lipinski definition) is 3. The van der Waals surface area contributed by atoms with Crippen molar-refractivity contribution >= 4 is 28.3 Å². The molecule has 1 aliphatic rings. The number of fused-ring (bicyclic) bond motifs is 2. The Bertz CT molecular complexity index is 1350. The molecule has 5 rings (SSSR count). The van der Waals surface area contributed by atoms with Gasteiger partial charge in [0.1, 0.15) is 11.5 Å². The third-order valence-corrected chi connectivity index (χ3v) is 6.61. The zero-order chi connectivity index (χ0) is 23.2. The summed E-state index contributed by atoms with van der Waals surface area (Å²) in [7, 11) is 1.32. The number of ether oxygens (including phenoxy) is 1. The zero-order valence-corrected chi connectivity index (χ0v) is 18.6. The third-order valence-electron chi connectivity index (χ3n) is 6.35. The Morgan fingerprint density at radius 2 is 1.55 bits per heavy atom. The Balaban J connectivity index is 1.84. The van der Waals surface area contributed by atoms with E-state index in [1.165, 1.54) is 7.11 Å². The molecule has 4 aromatic rings. The second-order valence-electron chi connectivity index (χ2n) is 8.22. The number of methoxy groups -OCH3 is 1. The highest BCUT2D eigenvalue weighted by Gasteiger charge is 2.54. The van der Waals surface area contributed by atoms with Crippen molar-refractivity contribution in [2.24, 2.45) is 0 Å². The van der Waals surface area contributed by atoms with E-state index in [2.05, 4.69) is 5.32 Å². The summed E-state index contributed by atoms with van der Waals surface area (Å²) in [5, 5.41) is 27.9. The number of halogens is 1. The van der Waals surface area contributed by atoms with Crippen LogP contribution in [0.2, 0.25) is 5.02 Å². The normalized spacial score (nSPS) is 19.4. The molecule has 0 aliphatic carbocycles. The Morgan fingerprint density at radius 1 is 0.939 bits per heavy atom. The third kappa shape index (κ3) is 3.32. The molecule has 6 heteroatoms. The number of phenols is 2. The van der Waals surface area contributed by atoms with E-state index in [0.29, 0.717) is 26.9 Å². The van der Waals surface area contributed by atoms with E-state index < -0.39 is 17.6 Å². The lowest BCUT2D eigenvalue weighted by atomic mass is 9.81. The maximum atomic E-state index is 13.4. The number of aromatic hydroxyl groups is 2. The first kappa shape index (κ1) is 21.3. The number of carbonyl (C=O) groups excluding carboxylic acids is 1. The van der Waals surface area contributed by atoms with Gasteiger partial charge in [0.05, 0.1) is 13.2 Å². The first-order valence-corrected chi connectivity index (χ1v) is 11.0. The molecule has 166 valence electrons. The highest BCUT2D eigenvalue weighted by atomic mass is 35.5. The van der Waals surface area contributed by atoms with E-state index in [9.17, 15) is 15.0 Å². The Morgan fingerprint density at radius 3 is 2.18 bits per heavy atom. The summed E-state index contributed by atoms with van der Waals surface area (Å²) < 4.78 is 5.26. The molecule has 2 atom stereocenters. The first-order chi connectivity index (χ1) is 16.0. The van der Waals surface area contributed by atoms with E-state index >= 15 is 0 Å². The zero-order valence-electron chi connectivity index (χ0n) is 17.9. The van der Waals surface area contributed by atoms with Gasteiger partial charge >= 0.3 is 5.97 Å². The average Bonchev–Trinajstić information content (AvgIpc) is 3.19. The van der Waals surface area contributed by atoms with Crippen molar-refractivity contribution < 1.29 is 19.7 Å². The molecule has 0 saturated heterocycles. The van der Waals surface area contributed by atoms with E-state index in [1.807, 2.05) is 42.5 Å². The van der Waals surface area contributed by atoms with Crippen LogP contribution < -0.4 is 5.32 Å². The fraction of sp³-hybridized carbons (Fsp3) is 0.148. The maximum absolute atomic E-state index is 13.4. The number of esters is 1. The van der Waals surface area contributed by atoms with Gasteiger partial charge in [0.25, 0.3) is 0 Å². The van der Waals surface area contributed by atoms with Crippen LogP contribution in [-0.2, 0) is 21.5 Å². The van der Waals surface area contributed by atoms with Crippen LogP contribution in [0.5, 0.6) is 11.5 Å². The van der Waals surface area contributed by atoms with Crippen molar-refractivity contribution in [3.8, 4) is 11.5 Å². The number of nitrogens with one attached hydrogen (secondary N) is 1. The molecule has 3 N–H and O–H groups in total. The van der Waals surface area contributed by atoms with E-state index in [4.69, 9.17) is 16.3 Å². The highest BCUT2D eigenvalue weighted by molar-refractivity contribution is 6.30. The van der Waals surface area contributed by atoms with Gasteiger partial charge < -0.3 is 14.9 Å². The quantitative estimate of drug-likeness (QED) is 0.288. The molecule has 5 nitrogen and oxygen atoms in total.